The van der Waals surface area contributed by atoms with Gasteiger partial charge in [-0.2, -0.15) is 0 Å². The summed E-state index contributed by atoms with van der Waals surface area (Å²) in [5, 5.41) is 0. The van der Waals surface area contributed by atoms with E-state index < -0.39 is 0 Å². The van der Waals surface area contributed by atoms with Gasteiger partial charge in [0.1, 0.15) is 18.0 Å². The number of aromatic nitrogens is 3. The van der Waals surface area contributed by atoms with Crippen molar-refractivity contribution < 1.29 is 0 Å². The fourth-order valence-corrected chi connectivity index (χ4v) is 2.95. The van der Waals surface area contributed by atoms with Crippen molar-refractivity contribution in [2.75, 3.05) is 29.9 Å². The zero-order chi connectivity index (χ0) is 14.7. The SMILES string of the molecule is CN(c1ccncn1)C1CCCN(c2ccc(Br)cn2)C1. The van der Waals surface area contributed by atoms with E-state index in [9.17, 15) is 0 Å². The van der Waals surface area contributed by atoms with Gasteiger partial charge >= 0.3 is 0 Å². The van der Waals surface area contributed by atoms with Crippen LogP contribution in [0.3, 0.4) is 0 Å². The van der Waals surface area contributed by atoms with Crippen LogP contribution >= 0.6 is 15.9 Å². The molecule has 0 aliphatic carbocycles. The van der Waals surface area contributed by atoms with Crippen molar-refractivity contribution in [2.45, 2.75) is 18.9 Å². The van der Waals surface area contributed by atoms with Crippen LogP contribution in [0.1, 0.15) is 12.8 Å². The fraction of sp³-hybridized carbons (Fsp3) is 0.400. The average Bonchev–Trinajstić information content (AvgIpc) is 2.56. The van der Waals surface area contributed by atoms with Crippen LogP contribution in [0.4, 0.5) is 11.6 Å². The molecule has 0 N–H and O–H groups in total. The van der Waals surface area contributed by atoms with Crippen LogP contribution in [0.15, 0.2) is 41.4 Å². The van der Waals surface area contributed by atoms with Gasteiger partial charge in [-0.1, -0.05) is 0 Å². The van der Waals surface area contributed by atoms with E-state index in [1.165, 1.54) is 6.42 Å². The molecule has 0 spiro atoms. The Morgan fingerprint density at radius 1 is 1.29 bits per heavy atom. The minimum Gasteiger partial charge on any atom is -0.355 e. The number of likely N-dealkylation sites (N-methyl/N-ethyl adjacent to an activating group) is 1. The van der Waals surface area contributed by atoms with Gasteiger partial charge in [0.05, 0.1) is 0 Å². The summed E-state index contributed by atoms with van der Waals surface area (Å²) >= 11 is 3.43. The number of rotatable bonds is 3. The van der Waals surface area contributed by atoms with Crippen molar-refractivity contribution in [3.8, 4) is 0 Å². The lowest BCUT2D eigenvalue weighted by Crippen LogP contribution is -2.47. The summed E-state index contributed by atoms with van der Waals surface area (Å²) in [7, 11) is 2.10. The number of anilines is 2. The highest BCUT2D eigenvalue weighted by molar-refractivity contribution is 9.10. The first-order chi connectivity index (χ1) is 10.2. The lowest BCUT2D eigenvalue weighted by Gasteiger charge is -2.38. The standard InChI is InChI=1S/C15H18BrN5/c1-20(14-6-7-17-11-19-14)13-3-2-8-21(10-13)15-5-4-12(16)9-18-15/h4-7,9,11,13H,2-3,8,10H2,1H3. The summed E-state index contributed by atoms with van der Waals surface area (Å²) in [6.45, 7) is 2.03. The van der Waals surface area contributed by atoms with Gasteiger partial charge in [-0.05, 0) is 47.0 Å². The van der Waals surface area contributed by atoms with Gasteiger partial charge in [0, 0.05) is 43.0 Å². The molecule has 6 heteroatoms. The minimum absolute atomic E-state index is 0.444. The molecule has 21 heavy (non-hydrogen) atoms. The first kappa shape index (κ1) is 14.3. The third-order valence-electron chi connectivity index (χ3n) is 3.91. The zero-order valence-electron chi connectivity index (χ0n) is 12.0. The molecule has 0 aromatic carbocycles. The fourth-order valence-electron chi connectivity index (χ4n) is 2.71. The first-order valence-corrected chi connectivity index (χ1v) is 7.88. The summed E-state index contributed by atoms with van der Waals surface area (Å²) in [5.41, 5.74) is 0. The second kappa shape index (κ2) is 6.39. The van der Waals surface area contributed by atoms with E-state index in [4.69, 9.17) is 0 Å². The summed E-state index contributed by atoms with van der Waals surface area (Å²) in [6, 6.07) is 6.51. The number of halogens is 1. The number of pyridine rings is 1. The monoisotopic (exact) mass is 347 g/mol. The Labute approximate surface area is 133 Å². The predicted molar refractivity (Wildman–Crippen MR) is 87.6 cm³/mol. The normalized spacial score (nSPS) is 18.6. The van der Waals surface area contributed by atoms with Gasteiger partial charge < -0.3 is 9.80 Å². The molecule has 1 aliphatic rings. The Balaban J connectivity index is 1.72. The molecule has 0 amide bonds. The van der Waals surface area contributed by atoms with E-state index in [2.05, 4.69) is 53.8 Å². The molecule has 3 rings (SSSR count). The van der Waals surface area contributed by atoms with Crippen LogP contribution < -0.4 is 9.80 Å². The molecule has 1 unspecified atom stereocenters. The van der Waals surface area contributed by atoms with Gasteiger partial charge in [0.15, 0.2) is 0 Å². The number of hydrogen-bond donors (Lipinski definition) is 0. The van der Waals surface area contributed by atoms with Crippen molar-refractivity contribution in [1.82, 2.24) is 15.0 Å². The summed E-state index contributed by atoms with van der Waals surface area (Å²) in [5.74, 6) is 2.01. The number of piperidine rings is 1. The third-order valence-corrected chi connectivity index (χ3v) is 4.38. The molecule has 1 saturated heterocycles. The molecular weight excluding hydrogens is 330 g/mol. The van der Waals surface area contributed by atoms with E-state index in [0.29, 0.717) is 6.04 Å². The third kappa shape index (κ3) is 3.32. The van der Waals surface area contributed by atoms with E-state index in [0.717, 1.165) is 35.6 Å². The number of hydrogen-bond acceptors (Lipinski definition) is 5. The maximum Gasteiger partial charge on any atom is 0.131 e. The van der Waals surface area contributed by atoms with Crippen LogP contribution in [0.5, 0.6) is 0 Å². The average molecular weight is 348 g/mol. The Kier molecular flexibility index (Phi) is 4.34. The number of nitrogens with zero attached hydrogens (tertiary/aromatic N) is 5. The predicted octanol–water partition coefficient (Wildman–Crippen LogP) is 2.74. The Morgan fingerprint density at radius 2 is 2.19 bits per heavy atom. The zero-order valence-corrected chi connectivity index (χ0v) is 13.6. The second-order valence-corrected chi connectivity index (χ2v) is 6.17. The lowest BCUT2D eigenvalue weighted by molar-refractivity contribution is 0.483. The van der Waals surface area contributed by atoms with Crippen LogP contribution in [0.25, 0.3) is 0 Å². The largest absolute Gasteiger partial charge is 0.355 e. The highest BCUT2D eigenvalue weighted by Crippen LogP contribution is 2.23. The smallest absolute Gasteiger partial charge is 0.131 e. The first-order valence-electron chi connectivity index (χ1n) is 7.09. The van der Waals surface area contributed by atoms with E-state index >= 15 is 0 Å². The highest BCUT2D eigenvalue weighted by atomic mass is 79.9. The quantitative estimate of drug-likeness (QED) is 0.854. The van der Waals surface area contributed by atoms with Gasteiger partial charge in [-0.3, -0.25) is 0 Å². The molecule has 1 aliphatic heterocycles. The molecule has 0 radical (unpaired) electrons. The van der Waals surface area contributed by atoms with E-state index in [1.54, 1.807) is 12.5 Å². The van der Waals surface area contributed by atoms with Crippen molar-refractivity contribution >= 4 is 27.6 Å². The Hall–Kier alpha value is -1.69. The van der Waals surface area contributed by atoms with Crippen LogP contribution in [-0.2, 0) is 0 Å². The van der Waals surface area contributed by atoms with Crippen LogP contribution in [-0.4, -0.2) is 41.1 Å². The van der Waals surface area contributed by atoms with E-state index in [-0.39, 0.29) is 0 Å². The Bertz CT molecular complexity index is 574. The molecule has 1 fully saturated rings. The van der Waals surface area contributed by atoms with Crippen molar-refractivity contribution in [3.63, 3.8) is 0 Å². The molecule has 3 heterocycles. The van der Waals surface area contributed by atoms with Crippen molar-refractivity contribution in [2.24, 2.45) is 0 Å². The molecular formula is C15H18BrN5. The lowest BCUT2D eigenvalue weighted by atomic mass is 10.0. The molecule has 0 bridgehead atoms. The molecule has 2 aromatic heterocycles. The van der Waals surface area contributed by atoms with Crippen molar-refractivity contribution in [1.29, 1.82) is 0 Å². The van der Waals surface area contributed by atoms with Gasteiger partial charge in [-0.25, -0.2) is 15.0 Å². The van der Waals surface area contributed by atoms with E-state index in [1.807, 2.05) is 18.3 Å². The molecule has 110 valence electrons. The molecule has 1 atom stereocenters. The van der Waals surface area contributed by atoms with Crippen molar-refractivity contribution in [3.05, 3.63) is 41.4 Å². The topological polar surface area (TPSA) is 45.2 Å². The summed E-state index contributed by atoms with van der Waals surface area (Å²) in [4.78, 5) is 17.4. The maximum absolute atomic E-state index is 4.50. The van der Waals surface area contributed by atoms with Crippen LogP contribution in [0, 0.1) is 0 Å². The van der Waals surface area contributed by atoms with Gasteiger partial charge in [0.25, 0.3) is 0 Å². The molecule has 2 aromatic rings. The second-order valence-electron chi connectivity index (χ2n) is 5.26. The summed E-state index contributed by atoms with van der Waals surface area (Å²) in [6.07, 6.45) is 7.58. The minimum atomic E-state index is 0.444. The van der Waals surface area contributed by atoms with Crippen LogP contribution in [0.2, 0.25) is 0 Å². The molecule has 5 nitrogen and oxygen atoms in total. The highest BCUT2D eigenvalue weighted by Gasteiger charge is 2.24. The Morgan fingerprint density at radius 3 is 2.90 bits per heavy atom. The van der Waals surface area contributed by atoms with Gasteiger partial charge in [-0.15, -0.1) is 0 Å². The van der Waals surface area contributed by atoms with Gasteiger partial charge in [0.2, 0.25) is 0 Å². The maximum atomic E-state index is 4.50. The molecule has 0 saturated carbocycles. The summed E-state index contributed by atoms with van der Waals surface area (Å²) < 4.78 is 1.01.